The molecule has 198 valence electrons. The van der Waals surface area contributed by atoms with Crippen LogP contribution in [0.25, 0.3) is 0 Å². The van der Waals surface area contributed by atoms with Gasteiger partial charge in [0.05, 0.1) is 42.1 Å². The summed E-state index contributed by atoms with van der Waals surface area (Å²) < 4.78 is 13.4. The van der Waals surface area contributed by atoms with E-state index in [4.69, 9.17) is 9.47 Å². The molecule has 2 aliphatic heterocycles. The average molecular weight is 509 g/mol. The lowest BCUT2D eigenvalue weighted by Gasteiger charge is -2.24. The number of nitrogens with zero attached hydrogens (tertiary/aromatic N) is 3. The molecule has 2 aliphatic rings. The van der Waals surface area contributed by atoms with Gasteiger partial charge in [-0.2, -0.15) is 0 Å². The van der Waals surface area contributed by atoms with Crippen LogP contribution in [0.3, 0.4) is 0 Å². The molecule has 0 aliphatic carbocycles. The number of methoxy groups -OCH3 is 1. The number of aromatic nitrogens is 1. The molecule has 1 N–H and O–H groups in total. The Labute approximate surface area is 217 Å². The third-order valence-corrected chi connectivity index (χ3v) is 7.28. The molecule has 1 fully saturated rings. The predicted molar refractivity (Wildman–Crippen MR) is 142 cm³/mol. The number of rotatable bonds is 9. The Morgan fingerprint density at radius 2 is 1.97 bits per heavy atom. The van der Waals surface area contributed by atoms with Crippen molar-refractivity contribution in [3.05, 3.63) is 35.7 Å². The summed E-state index contributed by atoms with van der Waals surface area (Å²) >= 11 is 0. The van der Waals surface area contributed by atoms with E-state index in [0.29, 0.717) is 34.9 Å². The maximum atomic E-state index is 13.1. The van der Waals surface area contributed by atoms with E-state index in [1.165, 1.54) is 7.11 Å². The SMILES string of the molecule is COc1cc2c(cc1OCCC(C)(C)C(=O)Nc1cc(C(C)(C)C=O)n(C)c1)N=CC1CCCN1C2=O. The lowest BCUT2D eigenvalue weighted by molar-refractivity contribution is -0.124. The van der Waals surface area contributed by atoms with Crippen molar-refractivity contribution >= 4 is 35.7 Å². The lowest BCUT2D eigenvalue weighted by Crippen LogP contribution is -2.35. The first-order valence-electron chi connectivity index (χ1n) is 12.6. The van der Waals surface area contributed by atoms with Gasteiger partial charge >= 0.3 is 0 Å². The van der Waals surface area contributed by atoms with E-state index in [-0.39, 0.29) is 24.5 Å². The van der Waals surface area contributed by atoms with Gasteiger partial charge in [-0.05, 0) is 45.2 Å². The predicted octanol–water partition coefficient (Wildman–Crippen LogP) is 4.26. The molecule has 9 nitrogen and oxygen atoms in total. The maximum absolute atomic E-state index is 13.1. The third-order valence-electron chi connectivity index (χ3n) is 7.28. The average Bonchev–Trinajstić information content (AvgIpc) is 3.45. The molecule has 0 saturated carbocycles. The summed E-state index contributed by atoms with van der Waals surface area (Å²) in [5.74, 6) is 0.741. The number of carbonyl (C=O) groups excluding carboxylic acids is 3. The van der Waals surface area contributed by atoms with Crippen LogP contribution in [0, 0.1) is 5.41 Å². The summed E-state index contributed by atoms with van der Waals surface area (Å²) in [6.07, 6.45) is 6.87. The maximum Gasteiger partial charge on any atom is 0.256 e. The van der Waals surface area contributed by atoms with Gasteiger partial charge < -0.3 is 29.1 Å². The molecule has 0 spiro atoms. The molecular formula is C28H36N4O5. The summed E-state index contributed by atoms with van der Waals surface area (Å²) in [4.78, 5) is 44.0. The number of fused-ring (bicyclic) bond motifs is 2. The number of anilines is 1. The second-order valence-corrected chi connectivity index (χ2v) is 11.0. The molecule has 3 heterocycles. The van der Waals surface area contributed by atoms with Crippen molar-refractivity contribution in [2.45, 2.75) is 58.4 Å². The van der Waals surface area contributed by atoms with Gasteiger partial charge in [0.25, 0.3) is 5.91 Å². The number of aryl methyl sites for hydroxylation is 1. The number of amides is 2. The molecule has 37 heavy (non-hydrogen) atoms. The quantitative estimate of drug-likeness (QED) is 0.510. The van der Waals surface area contributed by atoms with E-state index in [1.807, 2.05) is 56.5 Å². The second-order valence-electron chi connectivity index (χ2n) is 11.0. The van der Waals surface area contributed by atoms with Crippen molar-refractivity contribution in [1.82, 2.24) is 9.47 Å². The Bertz CT molecular complexity index is 1240. The Kier molecular flexibility index (Phi) is 7.17. The lowest BCUT2D eigenvalue weighted by atomic mass is 9.88. The van der Waals surface area contributed by atoms with Crippen molar-refractivity contribution in [2.24, 2.45) is 17.5 Å². The molecule has 1 unspecified atom stereocenters. The van der Waals surface area contributed by atoms with E-state index in [0.717, 1.165) is 31.4 Å². The van der Waals surface area contributed by atoms with Crippen molar-refractivity contribution in [1.29, 1.82) is 0 Å². The highest BCUT2D eigenvalue weighted by molar-refractivity contribution is 6.03. The van der Waals surface area contributed by atoms with Gasteiger partial charge in [-0.1, -0.05) is 13.8 Å². The normalized spacial score (nSPS) is 17.2. The van der Waals surface area contributed by atoms with Crippen LogP contribution >= 0.6 is 0 Å². The number of nitrogens with one attached hydrogen (secondary N) is 1. The molecule has 1 atom stereocenters. The van der Waals surface area contributed by atoms with Crippen LogP contribution in [0.4, 0.5) is 11.4 Å². The van der Waals surface area contributed by atoms with Crippen LogP contribution in [0.5, 0.6) is 11.5 Å². The fourth-order valence-corrected chi connectivity index (χ4v) is 4.78. The van der Waals surface area contributed by atoms with Gasteiger partial charge in [0.1, 0.15) is 6.29 Å². The van der Waals surface area contributed by atoms with E-state index >= 15 is 0 Å². The third kappa shape index (κ3) is 5.26. The van der Waals surface area contributed by atoms with E-state index in [1.54, 1.807) is 18.3 Å². The fraction of sp³-hybridized carbons (Fsp3) is 0.500. The molecule has 2 amide bonds. The number of benzene rings is 1. The number of ether oxygens (including phenoxy) is 2. The Balaban J connectivity index is 1.43. The van der Waals surface area contributed by atoms with Gasteiger partial charge in [0.2, 0.25) is 5.91 Å². The summed E-state index contributed by atoms with van der Waals surface area (Å²) in [5.41, 5.74) is 1.14. The van der Waals surface area contributed by atoms with Crippen molar-refractivity contribution in [3.63, 3.8) is 0 Å². The first-order valence-corrected chi connectivity index (χ1v) is 12.6. The van der Waals surface area contributed by atoms with Gasteiger partial charge in [-0.15, -0.1) is 0 Å². The van der Waals surface area contributed by atoms with E-state index < -0.39 is 10.8 Å². The van der Waals surface area contributed by atoms with Crippen LogP contribution in [0.15, 0.2) is 29.4 Å². The molecule has 0 radical (unpaired) electrons. The summed E-state index contributed by atoms with van der Waals surface area (Å²) in [6.45, 7) is 8.38. The molecule has 1 aromatic heterocycles. The summed E-state index contributed by atoms with van der Waals surface area (Å²) in [5, 5.41) is 2.97. The van der Waals surface area contributed by atoms with Crippen molar-refractivity contribution in [3.8, 4) is 11.5 Å². The van der Waals surface area contributed by atoms with Gasteiger partial charge in [-0.25, -0.2) is 0 Å². The zero-order chi connectivity index (χ0) is 27.0. The number of hydrogen-bond donors (Lipinski definition) is 1. The largest absolute Gasteiger partial charge is 0.493 e. The monoisotopic (exact) mass is 508 g/mol. The van der Waals surface area contributed by atoms with Gasteiger partial charge in [-0.3, -0.25) is 14.6 Å². The first-order chi connectivity index (χ1) is 17.5. The van der Waals surface area contributed by atoms with Gasteiger partial charge in [0, 0.05) is 43.2 Å². The Hall–Kier alpha value is -3.62. The van der Waals surface area contributed by atoms with Crippen molar-refractivity contribution < 1.29 is 23.9 Å². The smallest absolute Gasteiger partial charge is 0.256 e. The zero-order valence-corrected chi connectivity index (χ0v) is 22.5. The Morgan fingerprint density at radius 3 is 2.68 bits per heavy atom. The van der Waals surface area contributed by atoms with Crippen molar-refractivity contribution in [2.75, 3.05) is 25.6 Å². The topological polar surface area (TPSA) is 102 Å². The molecule has 1 aromatic carbocycles. The number of carbonyl (C=O) groups is 3. The molecule has 4 rings (SSSR count). The second kappa shape index (κ2) is 10.0. The van der Waals surface area contributed by atoms with Crippen LogP contribution < -0.4 is 14.8 Å². The molecule has 9 heteroatoms. The molecule has 2 aromatic rings. The van der Waals surface area contributed by atoms with Crippen LogP contribution in [-0.2, 0) is 22.1 Å². The molecule has 0 bridgehead atoms. The summed E-state index contributed by atoms with van der Waals surface area (Å²) in [6, 6.07) is 5.28. The fourth-order valence-electron chi connectivity index (χ4n) is 4.78. The Morgan fingerprint density at radius 1 is 1.22 bits per heavy atom. The number of hydrogen-bond acceptors (Lipinski definition) is 6. The standard InChI is InChI=1S/C28H36N4O5/c1-27(2,26(35)30-18-12-24(31(5)16-18)28(3,4)17-33)9-11-37-23-14-21-20(13-22(23)36-6)25(34)32-10-7-8-19(32)15-29-21/h12-17,19H,7-11H2,1-6H3,(H,30,35). The minimum atomic E-state index is -0.728. The van der Waals surface area contributed by atoms with E-state index in [9.17, 15) is 14.4 Å². The van der Waals surface area contributed by atoms with Crippen LogP contribution in [0.2, 0.25) is 0 Å². The first kappa shape index (κ1) is 26.4. The van der Waals surface area contributed by atoms with Crippen LogP contribution in [0.1, 0.15) is 63.0 Å². The number of aldehydes is 1. The van der Waals surface area contributed by atoms with E-state index in [2.05, 4.69) is 10.3 Å². The van der Waals surface area contributed by atoms with Crippen LogP contribution in [-0.4, -0.2) is 60.1 Å². The minimum Gasteiger partial charge on any atom is -0.493 e. The highest BCUT2D eigenvalue weighted by Crippen LogP contribution is 2.38. The number of aliphatic imine (C=N–C) groups is 1. The van der Waals surface area contributed by atoms with Gasteiger partial charge in [0.15, 0.2) is 11.5 Å². The highest BCUT2D eigenvalue weighted by Gasteiger charge is 2.33. The highest BCUT2D eigenvalue weighted by atomic mass is 16.5. The molecule has 1 saturated heterocycles. The minimum absolute atomic E-state index is 0.0276. The zero-order valence-electron chi connectivity index (χ0n) is 22.5. The molecular weight excluding hydrogens is 472 g/mol. The summed E-state index contributed by atoms with van der Waals surface area (Å²) in [7, 11) is 3.39.